The lowest BCUT2D eigenvalue weighted by Crippen LogP contribution is -2.37. The van der Waals surface area contributed by atoms with Crippen molar-refractivity contribution in [2.75, 3.05) is 13.6 Å². The van der Waals surface area contributed by atoms with Crippen LogP contribution in [0, 0.1) is 6.92 Å². The number of hydrogen-bond donors (Lipinski definition) is 2. The lowest BCUT2D eigenvalue weighted by Gasteiger charge is -2.10. The Labute approximate surface area is 173 Å². The van der Waals surface area contributed by atoms with Gasteiger partial charge in [-0.15, -0.1) is 24.0 Å². The van der Waals surface area contributed by atoms with Crippen LogP contribution in [-0.2, 0) is 13.0 Å². The zero-order valence-corrected chi connectivity index (χ0v) is 18.4. The van der Waals surface area contributed by atoms with Crippen molar-refractivity contribution in [2.45, 2.75) is 52.5 Å². The Balaban J connectivity index is 0.00000338. The van der Waals surface area contributed by atoms with E-state index in [4.69, 9.17) is 4.52 Å². The zero-order valence-electron chi connectivity index (χ0n) is 16.1. The van der Waals surface area contributed by atoms with Crippen molar-refractivity contribution in [3.8, 4) is 0 Å². The Kier molecular flexibility index (Phi) is 10.2. The summed E-state index contributed by atoms with van der Waals surface area (Å²) in [4.78, 5) is 8.55. The van der Waals surface area contributed by atoms with Gasteiger partial charge in [0.05, 0.1) is 12.2 Å². The standard InChI is InChI=1S/C19H29N5O.HI/c1-5-16(6-2)18-11-17(25-24-18)13-23-19(20-4)21-10-9-15-8-7-14(3)22-12-15;/h7-8,11-12,16H,5-6,9-10,13H2,1-4H3,(H2,20,21,23);1H. The Hall–Kier alpha value is -1.64. The normalized spacial score (nSPS) is 11.3. The molecular weight excluding hydrogens is 441 g/mol. The molecule has 0 aliphatic heterocycles. The molecule has 0 amide bonds. The summed E-state index contributed by atoms with van der Waals surface area (Å²) >= 11 is 0. The van der Waals surface area contributed by atoms with Gasteiger partial charge in [0.2, 0.25) is 0 Å². The molecule has 0 atom stereocenters. The number of nitrogens with one attached hydrogen (secondary N) is 2. The van der Waals surface area contributed by atoms with E-state index >= 15 is 0 Å². The van der Waals surface area contributed by atoms with E-state index in [9.17, 15) is 0 Å². The van der Waals surface area contributed by atoms with E-state index in [2.05, 4.69) is 45.7 Å². The summed E-state index contributed by atoms with van der Waals surface area (Å²) in [6.07, 6.45) is 4.97. The molecule has 144 valence electrons. The third-order valence-electron chi connectivity index (χ3n) is 4.31. The lowest BCUT2D eigenvalue weighted by atomic mass is 9.99. The molecule has 7 heteroatoms. The van der Waals surface area contributed by atoms with E-state index in [1.165, 1.54) is 5.56 Å². The van der Waals surface area contributed by atoms with Gasteiger partial charge in [0, 0.05) is 37.5 Å². The molecule has 6 nitrogen and oxygen atoms in total. The van der Waals surface area contributed by atoms with Gasteiger partial charge in [0.15, 0.2) is 11.7 Å². The Morgan fingerprint density at radius 3 is 2.62 bits per heavy atom. The molecule has 0 bridgehead atoms. The maximum atomic E-state index is 5.43. The Morgan fingerprint density at radius 1 is 1.23 bits per heavy atom. The second-order valence-corrected chi connectivity index (χ2v) is 6.14. The van der Waals surface area contributed by atoms with Gasteiger partial charge < -0.3 is 15.2 Å². The monoisotopic (exact) mass is 471 g/mol. The minimum Gasteiger partial charge on any atom is -0.359 e. The van der Waals surface area contributed by atoms with Crippen LogP contribution in [0.25, 0.3) is 0 Å². The zero-order chi connectivity index (χ0) is 18.1. The second-order valence-electron chi connectivity index (χ2n) is 6.14. The molecule has 0 fully saturated rings. The fraction of sp³-hybridized carbons (Fsp3) is 0.526. The third-order valence-corrected chi connectivity index (χ3v) is 4.31. The van der Waals surface area contributed by atoms with Crippen LogP contribution in [0.1, 0.15) is 55.3 Å². The second kappa shape index (κ2) is 11.9. The summed E-state index contributed by atoms with van der Waals surface area (Å²) in [6.45, 7) is 7.71. The largest absolute Gasteiger partial charge is 0.359 e. The molecule has 0 saturated heterocycles. The first-order chi connectivity index (χ1) is 12.2. The number of pyridine rings is 1. The number of aromatic nitrogens is 2. The van der Waals surface area contributed by atoms with Gasteiger partial charge in [-0.3, -0.25) is 9.98 Å². The van der Waals surface area contributed by atoms with Gasteiger partial charge in [-0.2, -0.15) is 0 Å². The number of aliphatic imine (C=N–C) groups is 1. The summed E-state index contributed by atoms with van der Waals surface area (Å²) in [5.74, 6) is 2.05. The molecule has 2 N–H and O–H groups in total. The van der Waals surface area contributed by atoms with E-state index in [0.29, 0.717) is 12.5 Å². The minimum atomic E-state index is 0. The molecule has 0 aliphatic rings. The van der Waals surface area contributed by atoms with Crippen LogP contribution in [0.4, 0.5) is 0 Å². The van der Waals surface area contributed by atoms with Gasteiger partial charge in [-0.1, -0.05) is 25.1 Å². The highest BCUT2D eigenvalue weighted by atomic mass is 127. The van der Waals surface area contributed by atoms with E-state index in [1.54, 1.807) is 7.05 Å². The number of hydrogen-bond acceptors (Lipinski definition) is 4. The third kappa shape index (κ3) is 6.93. The lowest BCUT2D eigenvalue weighted by molar-refractivity contribution is 0.368. The van der Waals surface area contributed by atoms with E-state index < -0.39 is 0 Å². The highest BCUT2D eigenvalue weighted by Crippen LogP contribution is 2.22. The van der Waals surface area contributed by atoms with Crippen LogP contribution in [0.15, 0.2) is 33.9 Å². The highest BCUT2D eigenvalue weighted by Gasteiger charge is 2.13. The average molecular weight is 471 g/mol. The van der Waals surface area contributed by atoms with Gasteiger partial charge in [-0.25, -0.2) is 0 Å². The molecule has 0 radical (unpaired) electrons. The minimum absolute atomic E-state index is 0. The number of aryl methyl sites for hydroxylation is 1. The smallest absolute Gasteiger partial charge is 0.191 e. The molecular formula is C19H30IN5O. The van der Waals surface area contributed by atoms with Crippen molar-refractivity contribution >= 4 is 29.9 Å². The van der Waals surface area contributed by atoms with Crippen molar-refractivity contribution < 1.29 is 4.52 Å². The quantitative estimate of drug-likeness (QED) is 0.348. The van der Waals surface area contributed by atoms with Gasteiger partial charge in [0.25, 0.3) is 0 Å². The fourth-order valence-corrected chi connectivity index (χ4v) is 2.67. The first-order valence-electron chi connectivity index (χ1n) is 8.97. The Bertz CT molecular complexity index is 665. The fourth-order valence-electron chi connectivity index (χ4n) is 2.67. The molecule has 2 aromatic heterocycles. The predicted molar refractivity (Wildman–Crippen MR) is 116 cm³/mol. The van der Waals surface area contributed by atoms with Crippen LogP contribution in [-0.4, -0.2) is 29.7 Å². The van der Waals surface area contributed by atoms with Crippen molar-refractivity contribution in [1.82, 2.24) is 20.8 Å². The molecule has 2 aromatic rings. The van der Waals surface area contributed by atoms with Gasteiger partial charge in [-0.05, 0) is 37.8 Å². The highest BCUT2D eigenvalue weighted by molar-refractivity contribution is 14.0. The van der Waals surface area contributed by atoms with Crippen molar-refractivity contribution in [2.24, 2.45) is 4.99 Å². The number of nitrogens with zero attached hydrogens (tertiary/aromatic N) is 3. The van der Waals surface area contributed by atoms with Crippen LogP contribution in [0.3, 0.4) is 0 Å². The molecule has 0 unspecified atom stereocenters. The summed E-state index contributed by atoms with van der Waals surface area (Å²) in [7, 11) is 1.76. The average Bonchev–Trinajstić information content (AvgIpc) is 3.09. The molecule has 2 heterocycles. The topological polar surface area (TPSA) is 75.3 Å². The SMILES string of the molecule is CCC(CC)c1cc(CNC(=NC)NCCc2ccc(C)nc2)on1.I. The van der Waals surface area contributed by atoms with Gasteiger partial charge in [0.1, 0.15) is 0 Å². The van der Waals surface area contributed by atoms with E-state index in [0.717, 1.165) is 48.9 Å². The molecule has 0 aliphatic carbocycles. The van der Waals surface area contributed by atoms with Crippen molar-refractivity contribution in [1.29, 1.82) is 0 Å². The molecule has 0 aromatic carbocycles. The summed E-state index contributed by atoms with van der Waals surface area (Å²) in [5.41, 5.74) is 3.28. The molecule has 0 saturated carbocycles. The van der Waals surface area contributed by atoms with Crippen LogP contribution < -0.4 is 10.6 Å². The van der Waals surface area contributed by atoms with E-state index in [-0.39, 0.29) is 24.0 Å². The summed E-state index contributed by atoms with van der Waals surface area (Å²) < 4.78 is 5.43. The van der Waals surface area contributed by atoms with Gasteiger partial charge >= 0.3 is 0 Å². The number of halogens is 1. The molecule has 0 spiro atoms. The van der Waals surface area contributed by atoms with E-state index in [1.807, 2.05) is 25.3 Å². The first kappa shape index (κ1) is 22.4. The van der Waals surface area contributed by atoms with Crippen LogP contribution in [0.2, 0.25) is 0 Å². The molecule has 2 rings (SSSR count). The maximum absolute atomic E-state index is 5.43. The number of guanidine groups is 1. The first-order valence-corrected chi connectivity index (χ1v) is 8.97. The Morgan fingerprint density at radius 2 is 2.00 bits per heavy atom. The molecule has 26 heavy (non-hydrogen) atoms. The van der Waals surface area contributed by atoms with Crippen LogP contribution in [0.5, 0.6) is 0 Å². The summed E-state index contributed by atoms with van der Waals surface area (Å²) in [6, 6.07) is 6.17. The maximum Gasteiger partial charge on any atom is 0.191 e. The predicted octanol–water partition coefficient (Wildman–Crippen LogP) is 3.81. The number of rotatable bonds is 8. The van der Waals surface area contributed by atoms with Crippen molar-refractivity contribution in [3.63, 3.8) is 0 Å². The van der Waals surface area contributed by atoms with Crippen molar-refractivity contribution in [3.05, 3.63) is 47.1 Å². The summed E-state index contributed by atoms with van der Waals surface area (Å²) in [5, 5.41) is 10.8. The van der Waals surface area contributed by atoms with Crippen LogP contribution >= 0.6 is 24.0 Å².